The third kappa shape index (κ3) is 2.41. The highest BCUT2D eigenvalue weighted by Crippen LogP contribution is 2.62. The van der Waals surface area contributed by atoms with Crippen LogP contribution in [0.15, 0.2) is 82.1 Å². The predicted molar refractivity (Wildman–Crippen MR) is 141 cm³/mol. The van der Waals surface area contributed by atoms with Crippen molar-refractivity contribution >= 4 is 44.3 Å². The Hall–Kier alpha value is -3.62. The summed E-state index contributed by atoms with van der Waals surface area (Å²) in [5, 5.41) is 0.536. The van der Waals surface area contributed by atoms with Gasteiger partial charge < -0.3 is 0 Å². The number of fused-ring (bicyclic) bond motifs is 11. The van der Waals surface area contributed by atoms with Gasteiger partial charge in [0, 0.05) is 16.1 Å². The van der Waals surface area contributed by atoms with Gasteiger partial charge in [-0.25, -0.2) is 9.88 Å². The topological polar surface area (TPSA) is 75.5 Å². The molecule has 4 atom stereocenters. The van der Waals surface area contributed by atoms with Crippen molar-refractivity contribution in [1.29, 1.82) is 0 Å². The standard InChI is InChI=1S/C29H21BrN4O3/c30-18-10-3-6-13-21(18)33-26(36)23-22-14-7-15-32(22)29(24(23)27(33)37)17-9-2-5-12-20(17)34-25(35)16-8-1-4-11-19(16)31-28(29)34/h1-6,8-13,22-24H,7,14-15H2/t22?,23-,24+,29?/m0/s1. The van der Waals surface area contributed by atoms with Crippen molar-refractivity contribution in [3.05, 3.63) is 99.0 Å². The first-order valence-electron chi connectivity index (χ1n) is 12.6. The number of para-hydroxylation sites is 3. The number of aromatic nitrogens is 2. The van der Waals surface area contributed by atoms with Crippen LogP contribution in [0.3, 0.4) is 0 Å². The SMILES string of the molecule is O=C1[C@H]2C3CCCN3C3(c4ccccc4-n4c3nc3ccccc3c4=O)[C@H]2C(=O)N1c1ccccc1Br. The van der Waals surface area contributed by atoms with E-state index in [4.69, 9.17) is 4.98 Å². The highest BCUT2D eigenvalue weighted by atomic mass is 79.9. The second kappa shape index (κ2) is 7.24. The van der Waals surface area contributed by atoms with Crippen LogP contribution in [0.25, 0.3) is 16.6 Å². The van der Waals surface area contributed by atoms with Gasteiger partial charge in [-0.1, -0.05) is 42.5 Å². The lowest BCUT2D eigenvalue weighted by Crippen LogP contribution is -2.51. The largest absolute Gasteiger partial charge is 0.283 e. The van der Waals surface area contributed by atoms with E-state index >= 15 is 0 Å². The molecule has 0 radical (unpaired) electrons. The van der Waals surface area contributed by atoms with E-state index in [0.29, 0.717) is 26.9 Å². The molecule has 3 fully saturated rings. The predicted octanol–water partition coefficient (Wildman–Crippen LogP) is 3.99. The molecule has 1 aromatic heterocycles. The van der Waals surface area contributed by atoms with Crippen molar-refractivity contribution in [2.75, 3.05) is 11.4 Å². The van der Waals surface area contributed by atoms with E-state index in [1.807, 2.05) is 60.7 Å². The van der Waals surface area contributed by atoms with Crippen LogP contribution in [0.2, 0.25) is 0 Å². The van der Waals surface area contributed by atoms with Crippen LogP contribution in [0.4, 0.5) is 5.69 Å². The number of benzene rings is 3. The lowest BCUT2D eigenvalue weighted by atomic mass is 9.75. The Balaban J connectivity index is 1.46. The lowest BCUT2D eigenvalue weighted by Gasteiger charge is -2.38. The van der Waals surface area contributed by atoms with Crippen LogP contribution in [0, 0.1) is 11.8 Å². The summed E-state index contributed by atoms with van der Waals surface area (Å²) in [7, 11) is 0. The molecule has 5 heterocycles. The summed E-state index contributed by atoms with van der Waals surface area (Å²) in [4.78, 5) is 51.2. The molecule has 37 heavy (non-hydrogen) atoms. The molecule has 8 heteroatoms. The van der Waals surface area contributed by atoms with Crippen LogP contribution < -0.4 is 10.5 Å². The van der Waals surface area contributed by atoms with Crippen LogP contribution in [0.1, 0.15) is 24.2 Å². The van der Waals surface area contributed by atoms with Crippen LogP contribution in [0.5, 0.6) is 0 Å². The highest BCUT2D eigenvalue weighted by molar-refractivity contribution is 9.10. The first kappa shape index (κ1) is 21.5. The molecular weight excluding hydrogens is 532 g/mol. The molecule has 0 aliphatic carbocycles. The van der Waals surface area contributed by atoms with Gasteiger partial charge in [0.25, 0.3) is 5.56 Å². The molecule has 7 nitrogen and oxygen atoms in total. The van der Waals surface area contributed by atoms with Gasteiger partial charge in [0.15, 0.2) is 0 Å². The highest BCUT2D eigenvalue weighted by Gasteiger charge is 2.73. The van der Waals surface area contributed by atoms with Crippen molar-refractivity contribution in [2.45, 2.75) is 24.4 Å². The van der Waals surface area contributed by atoms with E-state index in [0.717, 1.165) is 30.6 Å². The molecule has 1 spiro atoms. The number of rotatable bonds is 1. The smallest absolute Gasteiger partial charge is 0.266 e. The third-order valence-electron chi connectivity index (χ3n) is 8.73. The number of anilines is 1. The zero-order valence-corrected chi connectivity index (χ0v) is 21.3. The molecule has 0 saturated carbocycles. The first-order valence-corrected chi connectivity index (χ1v) is 13.4. The maximum Gasteiger partial charge on any atom is 0.266 e. The number of carbonyl (C=O) groups excluding carboxylic acids is 2. The van der Waals surface area contributed by atoms with Gasteiger partial charge in [-0.3, -0.25) is 23.9 Å². The quantitative estimate of drug-likeness (QED) is 0.334. The van der Waals surface area contributed by atoms with Crippen molar-refractivity contribution < 1.29 is 9.59 Å². The van der Waals surface area contributed by atoms with Gasteiger partial charge in [0.05, 0.1) is 34.1 Å². The Morgan fingerprint density at radius 2 is 1.59 bits per heavy atom. The summed E-state index contributed by atoms with van der Waals surface area (Å²) >= 11 is 3.55. The number of nitrogens with zero attached hydrogens (tertiary/aromatic N) is 4. The first-order chi connectivity index (χ1) is 18.0. The van der Waals surface area contributed by atoms with E-state index < -0.39 is 17.4 Å². The molecule has 4 aliphatic heterocycles. The number of imide groups is 1. The lowest BCUT2D eigenvalue weighted by molar-refractivity contribution is -0.124. The normalized spacial score (nSPS) is 27.7. The van der Waals surface area contributed by atoms with Gasteiger partial charge in [-0.2, -0.15) is 0 Å². The van der Waals surface area contributed by atoms with Gasteiger partial charge >= 0.3 is 0 Å². The Morgan fingerprint density at radius 1 is 0.865 bits per heavy atom. The van der Waals surface area contributed by atoms with Crippen LogP contribution in [-0.2, 0) is 15.1 Å². The summed E-state index contributed by atoms with van der Waals surface area (Å²) in [6.07, 6.45) is 1.75. The van der Waals surface area contributed by atoms with Crippen LogP contribution >= 0.6 is 15.9 Å². The molecule has 3 aromatic carbocycles. The van der Waals surface area contributed by atoms with Crippen molar-refractivity contribution in [1.82, 2.24) is 14.5 Å². The number of hydrogen-bond acceptors (Lipinski definition) is 5. The van der Waals surface area contributed by atoms with Crippen molar-refractivity contribution in [3.8, 4) is 5.69 Å². The molecule has 4 aromatic rings. The molecule has 0 bridgehead atoms. The third-order valence-corrected chi connectivity index (χ3v) is 9.40. The number of hydrogen-bond donors (Lipinski definition) is 0. The summed E-state index contributed by atoms with van der Waals surface area (Å²) in [6.45, 7) is 0.740. The zero-order chi connectivity index (χ0) is 25.1. The Kier molecular flexibility index (Phi) is 4.20. The average molecular weight is 553 g/mol. The van der Waals surface area contributed by atoms with E-state index in [9.17, 15) is 14.4 Å². The van der Waals surface area contributed by atoms with Gasteiger partial charge in [-0.15, -0.1) is 0 Å². The minimum absolute atomic E-state index is 0.100. The van der Waals surface area contributed by atoms with Crippen LogP contribution in [-0.4, -0.2) is 38.9 Å². The second-order valence-corrected chi connectivity index (χ2v) is 11.1. The molecule has 4 aliphatic rings. The Bertz CT molecular complexity index is 1750. The Labute approximate surface area is 220 Å². The van der Waals surface area contributed by atoms with E-state index in [1.54, 1.807) is 16.7 Å². The maximum atomic E-state index is 14.5. The molecule has 182 valence electrons. The molecule has 0 N–H and O–H groups in total. The summed E-state index contributed by atoms with van der Waals surface area (Å²) in [5.74, 6) is -1.05. The van der Waals surface area contributed by atoms with Gasteiger partial charge in [0.2, 0.25) is 11.8 Å². The fourth-order valence-corrected chi connectivity index (χ4v) is 7.95. The van der Waals surface area contributed by atoms with Gasteiger partial charge in [-0.05, 0) is 65.6 Å². The number of carbonyl (C=O) groups is 2. The molecule has 3 saturated heterocycles. The Morgan fingerprint density at radius 3 is 2.43 bits per heavy atom. The molecule has 2 amide bonds. The summed E-state index contributed by atoms with van der Waals surface area (Å²) in [6, 6.07) is 22.4. The fourth-order valence-electron chi connectivity index (χ4n) is 7.48. The second-order valence-electron chi connectivity index (χ2n) is 10.2. The van der Waals surface area contributed by atoms with E-state index in [-0.39, 0.29) is 23.4 Å². The molecule has 2 unspecified atom stereocenters. The minimum Gasteiger partial charge on any atom is -0.283 e. The van der Waals surface area contributed by atoms with Crippen molar-refractivity contribution in [2.24, 2.45) is 11.8 Å². The zero-order valence-electron chi connectivity index (χ0n) is 19.7. The van der Waals surface area contributed by atoms with Gasteiger partial charge in [0.1, 0.15) is 11.4 Å². The minimum atomic E-state index is -0.992. The maximum absolute atomic E-state index is 14.5. The average Bonchev–Trinajstić information content (AvgIpc) is 3.62. The van der Waals surface area contributed by atoms with E-state index in [2.05, 4.69) is 20.8 Å². The molecular formula is C29H21BrN4O3. The van der Waals surface area contributed by atoms with Crippen molar-refractivity contribution in [3.63, 3.8) is 0 Å². The fraction of sp³-hybridized carbons (Fsp3) is 0.241. The number of halogens is 1. The summed E-state index contributed by atoms with van der Waals surface area (Å²) in [5.41, 5.74) is 1.64. The monoisotopic (exact) mass is 552 g/mol. The molecule has 8 rings (SSSR count). The number of amides is 2. The van der Waals surface area contributed by atoms with E-state index in [1.165, 1.54) is 4.90 Å². The summed E-state index contributed by atoms with van der Waals surface area (Å²) < 4.78 is 2.38.